The number of hydrogen-bond donors (Lipinski definition) is 1. The molecule has 3 rings (SSSR count). The smallest absolute Gasteiger partial charge is 0.332 e. The van der Waals surface area contributed by atoms with Crippen molar-refractivity contribution in [3.05, 3.63) is 24.5 Å². The van der Waals surface area contributed by atoms with Crippen molar-refractivity contribution in [2.24, 2.45) is 0 Å². The van der Waals surface area contributed by atoms with Gasteiger partial charge in [-0.2, -0.15) is 18.2 Å². The maximum absolute atomic E-state index is 12.3. The molecule has 1 amide bonds. The average molecular weight is 314 g/mol. The lowest BCUT2D eigenvalue weighted by Crippen LogP contribution is -2.30. The van der Waals surface area contributed by atoms with Crippen molar-refractivity contribution >= 4 is 11.9 Å². The van der Waals surface area contributed by atoms with E-state index in [2.05, 4.69) is 15.1 Å². The molecule has 0 fully saturated rings. The van der Waals surface area contributed by atoms with Crippen LogP contribution in [0.4, 0.5) is 19.1 Å². The van der Waals surface area contributed by atoms with Crippen LogP contribution in [0.2, 0.25) is 0 Å². The summed E-state index contributed by atoms with van der Waals surface area (Å²) in [7, 11) is 0. The lowest BCUT2D eigenvalue weighted by molar-refractivity contribution is -0.167. The zero-order valence-corrected chi connectivity index (χ0v) is 11.6. The van der Waals surface area contributed by atoms with Crippen molar-refractivity contribution in [3.8, 4) is 0 Å². The molecule has 3 heterocycles. The fraction of sp³-hybridized carbons (Fsp3) is 0.500. The molecule has 0 radical (unpaired) electrons. The highest BCUT2D eigenvalue weighted by molar-refractivity contribution is 5.93. The van der Waals surface area contributed by atoms with Crippen LogP contribution in [0.3, 0.4) is 0 Å². The fourth-order valence-electron chi connectivity index (χ4n) is 2.62. The van der Waals surface area contributed by atoms with Gasteiger partial charge in [-0.05, 0) is 13.3 Å². The second-order valence-electron chi connectivity index (χ2n) is 5.10. The Bertz CT molecular complexity index is 678. The van der Waals surface area contributed by atoms with Crippen molar-refractivity contribution in [1.29, 1.82) is 0 Å². The molecule has 1 aliphatic heterocycles. The van der Waals surface area contributed by atoms with Crippen molar-refractivity contribution in [1.82, 2.24) is 24.3 Å². The number of hydrogen-bond acceptors (Lipinski definition) is 4. The normalized spacial score (nSPS) is 21.5. The number of imidazole rings is 1. The molecule has 118 valence electrons. The highest BCUT2D eigenvalue weighted by atomic mass is 19.4. The van der Waals surface area contributed by atoms with E-state index in [1.54, 1.807) is 22.5 Å². The lowest BCUT2D eigenvalue weighted by atomic mass is 10.00. The zero-order valence-electron chi connectivity index (χ0n) is 11.6. The number of rotatable bonds is 2. The molecule has 2 unspecified atom stereocenters. The van der Waals surface area contributed by atoms with Crippen molar-refractivity contribution in [3.63, 3.8) is 0 Å². The van der Waals surface area contributed by atoms with Gasteiger partial charge in [-0.3, -0.25) is 10.1 Å². The van der Waals surface area contributed by atoms with Gasteiger partial charge in [-0.25, -0.2) is 9.67 Å². The van der Waals surface area contributed by atoms with Gasteiger partial charge in [0.25, 0.3) is 0 Å². The molecule has 0 saturated carbocycles. The van der Waals surface area contributed by atoms with E-state index in [4.69, 9.17) is 0 Å². The van der Waals surface area contributed by atoms with Crippen LogP contribution >= 0.6 is 0 Å². The third-order valence-electron chi connectivity index (χ3n) is 3.70. The predicted octanol–water partition coefficient (Wildman–Crippen LogP) is 1.72. The summed E-state index contributed by atoms with van der Waals surface area (Å²) in [6.45, 7) is 1.90. The molecule has 0 saturated heterocycles. The first-order chi connectivity index (χ1) is 10.4. The zero-order chi connectivity index (χ0) is 15.9. The number of aryl methyl sites for hydroxylation is 1. The largest absolute Gasteiger partial charge is 0.471 e. The molecular formula is C12H13F3N6O. The van der Waals surface area contributed by atoms with Gasteiger partial charge in [-0.15, -0.1) is 5.10 Å². The van der Waals surface area contributed by atoms with Gasteiger partial charge in [0.1, 0.15) is 5.82 Å². The lowest BCUT2D eigenvalue weighted by Gasteiger charge is -2.30. The second kappa shape index (κ2) is 5.11. The van der Waals surface area contributed by atoms with E-state index >= 15 is 0 Å². The van der Waals surface area contributed by atoms with Gasteiger partial charge >= 0.3 is 12.1 Å². The predicted molar refractivity (Wildman–Crippen MR) is 69.0 cm³/mol. The second-order valence-corrected chi connectivity index (χ2v) is 5.10. The Hall–Kier alpha value is -2.39. The molecule has 1 N–H and O–H groups in total. The minimum atomic E-state index is -4.96. The third-order valence-corrected chi connectivity index (χ3v) is 3.70. The first-order valence-corrected chi connectivity index (χ1v) is 6.67. The molecule has 1 aliphatic rings. The molecule has 0 aromatic carbocycles. The molecule has 2 atom stereocenters. The van der Waals surface area contributed by atoms with Crippen LogP contribution in [0.5, 0.6) is 0 Å². The first-order valence-electron chi connectivity index (χ1n) is 6.67. The number of fused-ring (bicyclic) bond motifs is 1. The number of amides is 1. The maximum Gasteiger partial charge on any atom is 0.471 e. The Kier molecular flexibility index (Phi) is 3.38. The van der Waals surface area contributed by atoms with Crippen molar-refractivity contribution < 1.29 is 18.0 Å². The summed E-state index contributed by atoms with van der Waals surface area (Å²) in [6, 6.07) is -0.0233. The molecular weight excluding hydrogens is 301 g/mol. The average Bonchev–Trinajstić information content (AvgIpc) is 3.07. The fourth-order valence-corrected chi connectivity index (χ4v) is 2.62. The number of aromatic nitrogens is 5. The third kappa shape index (κ3) is 2.55. The molecule has 0 spiro atoms. The molecule has 10 heteroatoms. The number of alkyl halides is 3. The number of nitrogens with one attached hydrogen (secondary N) is 1. The number of carbonyl (C=O) groups is 1. The molecule has 2 aromatic rings. The Morgan fingerprint density at radius 2 is 2.23 bits per heavy atom. The minimum absolute atomic E-state index is 0.0860. The quantitative estimate of drug-likeness (QED) is 0.915. The number of carbonyl (C=O) groups excluding carboxylic acids is 1. The van der Waals surface area contributed by atoms with E-state index in [0.717, 1.165) is 6.42 Å². The van der Waals surface area contributed by atoms with E-state index in [1.807, 2.05) is 17.7 Å². The van der Waals surface area contributed by atoms with E-state index in [-0.39, 0.29) is 18.0 Å². The molecule has 0 aliphatic carbocycles. The number of nitrogens with zero attached hydrogens (tertiary/aromatic N) is 5. The van der Waals surface area contributed by atoms with Crippen LogP contribution in [0.15, 0.2) is 18.7 Å². The Balaban J connectivity index is 1.82. The highest BCUT2D eigenvalue weighted by Gasteiger charge is 2.40. The van der Waals surface area contributed by atoms with Gasteiger partial charge in [0.2, 0.25) is 5.95 Å². The summed E-state index contributed by atoms with van der Waals surface area (Å²) in [5.74, 6) is -1.84. The molecule has 7 nitrogen and oxygen atoms in total. The summed E-state index contributed by atoms with van der Waals surface area (Å²) in [5, 5.41) is 5.67. The maximum atomic E-state index is 12.3. The molecule has 0 bridgehead atoms. The van der Waals surface area contributed by atoms with Crippen LogP contribution in [0.25, 0.3) is 0 Å². The van der Waals surface area contributed by atoms with Crippen LogP contribution in [-0.2, 0) is 11.2 Å². The van der Waals surface area contributed by atoms with Gasteiger partial charge < -0.3 is 4.57 Å². The monoisotopic (exact) mass is 314 g/mol. The standard InChI is InChI=1S/C12H13F3N6O/c1-7-8(20-5-4-16-6-20)2-3-9-17-11(19-21(7)9)18-10(22)12(13,14)15/h4-8H,2-3H2,1H3,(H,18,19,22). The summed E-state index contributed by atoms with van der Waals surface area (Å²) in [6.07, 6.45) is 1.55. The Labute approximate surface area is 123 Å². The summed E-state index contributed by atoms with van der Waals surface area (Å²) in [4.78, 5) is 18.9. The number of halogens is 3. The van der Waals surface area contributed by atoms with E-state index in [1.165, 1.54) is 0 Å². The minimum Gasteiger partial charge on any atom is -0.332 e. The topological polar surface area (TPSA) is 77.6 Å². The highest BCUT2D eigenvalue weighted by Crippen LogP contribution is 2.33. The summed E-state index contributed by atoms with van der Waals surface area (Å²) in [5.41, 5.74) is 0. The summed E-state index contributed by atoms with van der Waals surface area (Å²) >= 11 is 0. The number of anilines is 1. The van der Waals surface area contributed by atoms with E-state index in [9.17, 15) is 18.0 Å². The van der Waals surface area contributed by atoms with Gasteiger partial charge in [0.15, 0.2) is 0 Å². The first kappa shape index (κ1) is 14.5. The van der Waals surface area contributed by atoms with Crippen molar-refractivity contribution in [2.75, 3.05) is 5.32 Å². The van der Waals surface area contributed by atoms with E-state index in [0.29, 0.717) is 12.2 Å². The Morgan fingerprint density at radius 1 is 1.45 bits per heavy atom. The molecule has 22 heavy (non-hydrogen) atoms. The summed E-state index contributed by atoms with van der Waals surface area (Å²) < 4.78 is 40.3. The Morgan fingerprint density at radius 3 is 2.86 bits per heavy atom. The van der Waals surface area contributed by atoms with Gasteiger partial charge in [0.05, 0.1) is 18.4 Å². The SMILES string of the molecule is CC1C(n2ccnc2)CCc2nc(NC(=O)C(F)(F)F)nn21. The molecule has 2 aromatic heterocycles. The van der Waals surface area contributed by atoms with Crippen LogP contribution in [0.1, 0.15) is 31.3 Å². The van der Waals surface area contributed by atoms with Crippen LogP contribution in [0, 0.1) is 0 Å². The van der Waals surface area contributed by atoms with Crippen LogP contribution in [-0.4, -0.2) is 36.4 Å². The van der Waals surface area contributed by atoms with Gasteiger partial charge in [0, 0.05) is 18.8 Å². The van der Waals surface area contributed by atoms with Crippen LogP contribution < -0.4 is 5.32 Å². The van der Waals surface area contributed by atoms with Crippen molar-refractivity contribution in [2.45, 2.75) is 38.0 Å². The van der Waals surface area contributed by atoms with Gasteiger partial charge in [-0.1, -0.05) is 0 Å². The van der Waals surface area contributed by atoms with E-state index < -0.39 is 12.1 Å².